The van der Waals surface area contributed by atoms with Gasteiger partial charge in [-0.1, -0.05) is 29.8 Å². The molecule has 84 valence electrons. The summed E-state index contributed by atoms with van der Waals surface area (Å²) in [5, 5.41) is 0. The van der Waals surface area contributed by atoms with Crippen molar-refractivity contribution in [1.29, 1.82) is 0 Å². The van der Waals surface area contributed by atoms with Gasteiger partial charge in [-0.05, 0) is 30.0 Å². The van der Waals surface area contributed by atoms with Crippen LogP contribution in [-0.2, 0) is 0 Å². The van der Waals surface area contributed by atoms with Crippen LogP contribution < -0.4 is 5.73 Å². The molecule has 1 aliphatic carbocycles. The molecule has 2 aromatic rings. The smallest absolute Gasteiger partial charge is 0.201 e. The lowest BCUT2D eigenvalue weighted by Crippen LogP contribution is -2.04. The molecule has 1 aliphatic rings. The van der Waals surface area contributed by atoms with Crippen LogP contribution >= 0.6 is 15.9 Å². The predicted octanol–water partition coefficient (Wildman–Crippen LogP) is 3.35. The number of anilines is 1. The molecule has 1 heterocycles. The third kappa shape index (κ3) is 1.36. The molecular weight excluding hydrogens is 266 g/mol. The summed E-state index contributed by atoms with van der Waals surface area (Å²) in [5.41, 5.74) is 8.46. The van der Waals surface area contributed by atoms with E-state index >= 15 is 0 Å². The van der Waals surface area contributed by atoms with Gasteiger partial charge in [-0.25, -0.2) is 4.98 Å². The van der Waals surface area contributed by atoms with Gasteiger partial charge in [0.25, 0.3) is 0 Å². The zero-order valence-corrected chi connectivity index (χ0v) is 11.0. The van der Waals surface area contributed by atoms with Crippen molar-refractivity contribution < 1.29 is 0 Å². The Bertz CT molecular complexity index is 571. The summed E-state index contributed by atoms with van der Waals surface area (Å²) in [7, 11) is 0. The Balaban J connectivity index is 2.23. The Morgan fingerprint density at radius 1 is 1.50 bits per heavy atom. The molecule has 0 radical (unpaired) electrons. The van der Waals surface area contributed by atoms with Gasteiger partial charge in [-0.15, -0.1) is 0 Å². The summed E-state index contributed by atoms with van der Waals surface area (Å²) < 4.78 is 3.24. The molecule has 0 aliphatic heterocycles. The summed E-state index contributed by atoms with van der Waals surface area (Å²) in [5.74, 6) is 0.628. The van der Waals surface area contributed by atoms with Crippen molar-refractivity contribution in [2.45, 2.75) is 26.3 Å². The zero-order chi connectivity index (χ0) is 11.5. The third-order valence-corrected chi connectivity index (χ3v) is 3.95. The SMILES string of the molecule is CC1(C)CC1n1c(N)nc2ccc(Br)cc21. The van der Waals surface area contributed by atoms with Crippen LogP contribution in [0.4, 0.5) is 5.95 Å². The maximum atomic E-state index is 6.00. The number of nitrogens with zero attached hydrogens (tertiary/aromatic N) is 2. The van der Waals surface area contributed by atoms with Crippen LogP contribution in [0.2, 0.25) is 0 Å². The van der Waals surface area contributed by atoms with E-state index in [9.17, 15) is 0 Å². The summed E-state index contributed by atoms with van der Waals surface area (Å²) >= 11 is 3.49. The van der Waals surface area contributed by atoms with Crippen molar-refractivity contribution in [3.05, 3.63) is 22.7 Å². The average molecular weight is 280 g/mol. The number of rotatable bonds is 1. The quantitative estimate of drug-likeness (QED) is 0.870. The number of nitrogens with two attached hydrogens (primary N) is 1. The summed E-state index contributed by atoms with van der Waals surface area (Å²) in [4.78, 5) is 4.40. The Morgan fingerprint density at radius 3 is 2.81 bits per heavy atom. The minimum absolute atomic E-state index is 0.351. The van der Waals surface area contributed by atoms with E-state index in [1.165, 1.54) is 6.42 Å². The minimum Gasteiger partial charge on any atom is -0.369 e. The molecule has 4 heteroatoms. The van der Waals surface area contributed by atoms with Gasteiger partial charge in [0.1, 0.15) is 0 Å². The highest BCUT2D eigenvalue weighted by molar-refractivity contribution is 9.10. The number of imidazole rings is 1. The number of aromatic nitrogens is 2. The molecule has 3 nitrogen and oxygen atoms in total. The van der Waals surface area contributed by atoms with Gasteiger partial charge >= 0.3 is 0 Å². The highest BCUT2D eigenvalue weighted by Crippen LogP contribution is 2.57. The van der Waals surface area contributed by atoms with E-state index in [1.54, 1.807) is 0 Å². The molecule has 0 spiro atoms. The van der Waals surface area contributed by atoms with E-state index in [1.807, 2.05) is 12.1 Å². The number of halogens is 1. The van der Waals surface area contributed by atoms with Crippen LogP contribution in [0.1, 0.15) is 26.3 Å². The van der Waals surface area contributed by atoms with Crippen LogP contribution in [0, 0.1) is 5.41 Å². The Hall–Kier alpha value is -1.03. The van der Waals surface area contributed by atoms with Crippen molar-refractivity contribution in [1.82, 2.24) is 9.55 Å². The number of hydrogen-bond acceptors (Lipinski definition) is 2. The average Bonchev–Trinajstić information content (AvgIpc) is 2.68. The Labute approximate surface area is 103 Å². The van der Waals surface area contributed by atoms with Crippen LogP contribution in [0.15, 0.2) is 22.7 Å². The molecule has 0 amide bonds. The normalized spacial score (nSPS) is 22.6. The number of benzene rings is 1. The third-order valence-electron chi connectivity index (χ3n) is 3.45. The fourth-order valence-corrected chi connectivity index (χ4v) is 2.64. The molecule has 1 fully saturated rings. The molecule has 3 rings (SSSR count). The van der Waals surface area contributed by atoms with E-state index in [-0.39, 0.29) is 0 Å². The molecule has 1 aromatic heterocycles. The molecule has 1 atom stereocenters. The lowest BCUT2D eigenvalue weighted by molar-refractivity contribution is 0.553. The molecule has 0 bridgehead atoms. The summed E-state index contributed by atoms with van der Waals surface area (Å²) in [6.07, 6.45) is 1.18. The standard InChI is InChI=1S/C12H14BrN3/c1-12(2)6-10(12)16-9-5-7(13)3-4-8(9)15-11(16)14/h3-5,10H,6H2,1-2H3,(H2,14,15). The molecule has 0 saturated heterocycles. The largest absolute Gasteiger partial charge is 0.369 e. The fraction of sp³-hybridized carbons (Fsp3) is 0.417. The minimum atomic E-state index is 0.351. The Morgan fingerprint density at radius 2 is 2.19 bits per heavy atom. The molecule has 1 saturated carbocycles. The topological polar surface area (TPSA) is 43.8 Å². The number of fused-ring (bicyclic) bond motifs is 1. The van der Waals surface area contributed by atoms with E-state index < -0.39 is 0 Å². The summed E-state index contributed by atoms with van der Waals surface area (Å²) in [6.45, 7) is 4.53. The molecular formula is C12H14BrN3. The first kappa shape index (κ1) is 10.1. The maximum absolute atomic E-state index is 6.00. The fourth-order valence-electron chi connectivity index (χ4n) is 2.29. The highest BCUT2D eigenvalue weighted by Gasteiger charge is 2.48. The number of nitrogen functional groups attached to an aromatic ring is 1. The molecule has 1 unspecified atom stereocenters. The van der Waals surface area contributed by atoms with E-state index in [2.05, 4.69) is 45.4 Å². The van der Waals surface area contributed by atoms with Gasteiger partial charge in [-0.3, -0.25) is 0 Å². The van der Waals surface area contributed by atoms with Crippen LogP contribution in [0.3, 0.4) is 0 Å². The Kier molecular flexibility index (Phi) is 1.90. The van der Waals surface area contributed by atoms with E-state index in [4.69, 9.17) is 5.73 Å². The van der Waals surface area contributed by atoms with Crippen molar-refractivity contribution in [2.75, 3.05) is 5.73 Å². The first-order chi connectivity index (χ1) is 7.49. The van der Waals surface area contributed by atoms with Crippen LogP contribution in [0.25, 0.3) is 11.0 Å². The van der Waals surface area contributed by atoms with Crippen LogP contribution in [0.5, 0.6) is 0 Å². The monoisotopic (exact) mass is 279 g/mol. The lowest BCUT2D eigenvalue weighted by Gasteiger charge is -2.08. The van der Waals surface area contributed by atoms with Gasteiger partial charge in [0.15, 0.2) is 0 Å². The number of hydrogen-bond donors (Lipinski definition) is 1. The van der Waals surface area contributed by atoms with Crippen molar-refractivity contribution >= 4 is 32.9 Å². The van der Waals surface area contributed by atoms with Crippen molar-refractivity contribution in [2.24, 2.45) is 5.41 Å². The van der Waals surface area contributed by atoms with Crippen molar-refractivity contribution in [3.8, 4) is 0 Å². The first-order valence-electron chi connectivity index (χ1n) is 5.42. The van der Waals surface area contributed by atoms with E-state index in [0.29, 0.717) is 17.4 Å². The second kappa shape index (κ2) is 3.00. The second-order valence-corrected chi connectivity index (χ2v) is 6.10. The summed E-state index contributed by atoms with van der Waals surface area (Å²) in [6, 6.07) is 6.58. The van der Waals surface area contributed by atoms with Gasteiger partial charge in [-0.2, -0.15) is 0 Å². The van der Waals surface area contributed by atoms with Gasteiger partial charge in [0.05, 0.1) is 11.0 Å². The van der Waals surface area contributed by atoms with E-state index in [0.717, 1.165) is 15.5 Å². The van der Waals surface area contributed by atoms with Gasteiger partial charge in [0, 0.05) is 10.5 Å². The molecule has 1 aromatic carbocycles. The predicted molar refractivity (Wildman–Crippen MR) is 69.3 cm³/mol. The highest BCUT2D eigenvalue weighted by atomic mass is 79.9. The van der Waals surface area contributed by atoms with Gasteiger partial charge in [0.2, 0.25) is 5.95 Å². The lowest BCUT2D eigenvalue weighted by atomic mass is 10.2. The zero-order valence-electron chi connectivity index (χ0n) is 9.37. The van der Waals surface area contributed by atoms with Crippen molar-refractivity contribution in [3.63, 3.8) is 0 Å². The molecule has 2 N–H and O–H groups in total. The van der Waals surface area contributed by atoms with Crippen LogP contribution in [-0.4, -0.2) is 9.55 Å². The molecule has 16 heavy (non-hydrogen) atoms. The maximum Gasteiger partial charge on any atom is 0.201 e. The van der Waals surface area contributed by atoms with Gasteiger partial charge < -0.3 is 10.3 Å². The second-order valence-electron chi connectivity index (χ2n) is 5.18. The first-order valence-corrected chi connectivity index (χ1v) is 6.21.